The molecule has 4 aromatic rings. The zero-order chi connectivity index (χ0) is 28.5. The van der Waals surface area contributed by atoms with E-state index >= 15 is 0 Å². The third-order valence-corrected chi connectivity index (χ3v) is 11.5. The van der Waals surface area contributed by atoms with Crippen LogP contribution in [0.4, 0.5) is 0 Å². The van der Waals surface area contributed by atoms with Gasteiger partial charge in [0.2, 0.25) is 0 Å². The average Bonchev–Trinajstić information content (AvgIpc) is 3.03. The fraction of sp³-hybridized carbons (Fsp3) is 0.314. The van der Waals surface area contributed by atoms with E-state index in [1.807, 2.05) is 54.6 Å². The Morgan fingerprint density at radius 2 is 0.927 bits per heavy atom. The number of benzene rings is 4. The molecule has 0 unspecified atom stereocenters. The van der Waals surface area contributed by atoms with E-state index in [0.717, 1.165) is 16.7 Å². The summed E-state index contributed by atoms with van der Waals surface area (Å²) in [6.45, 7) is 5.95. The minimum absolute atomic E-state index is 0.240. The van der Waals surface area contributed by atoms with Crippen molar-refractivity contribution >= 4 is 13.3 Å². The molecule has 0 saturated carbocycles. The second kappa shape index (κ2) is 14.2. The molecule has 0 bridgehead atoms. The lowest BCUT2D eigenvalue weighted by molar-refractivity contribution is -0.304. The van der Waals surface area contributed by atoms with E-state index in [-0.39, 0.29) is 11.8 Å². The van der Waals surface area contributed by atoms with Crippen molar-refractivity contribution in [3.8, 4) is 0 Å². The molecule has 5 atom stereocenters. The van der Waals surface area contributed by atoms with Gasteiger partial charge in [-0.2, -0.15) is 0 Å². The van der Waals surface area contributed by atoms with Crippen LogP contribution >= 0.6 is 0 Å². The van der Waals surface area contributed by atoms with E-state index in [2.05, 4.69) is 79.8 Å². The van der Waals surface area contributed by atoms with Gasteiger partial charge in [-0.3, -0.25) is 0 Å². The van der Waals surface area contributed by atoms with Crippen molar-refractivity contribution in [3.05, 3.63) is 138 Å². The predicted octanol–water partition coefficient (Wildman–Crippen LogP) is 6.27. The Morgan fingerprint density at radius 1 is 0.537 bits per heavy atom. The Hall–Kier alpha value is -3.10. The van der Waals surface area contributed by atoms with Crippen molar-refractivity contribution < 1.29 is 23.7 Å². The minimum Gasteiger partial charge on any atom is -0.368 e. The van der Waals surface area contributed by atoms with Crippen LogP contribution < -0.4 is 5.19 Å². The van der Waals surface area contributed by atoms with Gasteiger partial charge >= 0.3 is 0 Å². The molecule has 1 aliphatic heterocycles. The Labute approximate surface area is 245 Å². The van der Waals surface area contributed by atoms with Gasteiger partial charge < -0.3 is 23.7 Å². The van der Waals surface area contributed by atoms with Crippen molar-refractivity contribution in [2.75, 3.05) is 7.11 Å². The summed E-state index contributed by atoms with van der Waals surface area (Å²) in [4.78, 5) is 0. The molecule has 5 nitrogen and oxygen atoms in total. The molecule has 0 amide bonds. The van der Waals surface area contributed by atoms with Crippen molar-refractivity contribution in [1.29, 1.82) is 0 Å². The van der Waals surface area contributed by atoms with Crippen LogP contribution in [0.15, 0.2) is 121 Å². The summed E-state index contributed by atoms with van der Waals surface area (Å²) in [7, 11) is -0.590. The minimum atomic E-state index is -2.27. The summed E-state index contributed by atoms with van der Waals surface area (Å²) in [5.41, 5.74) is 3.03. The van der Waals surface area contributed by atoms with Gasteiger partial charge in [-0.15, -0.1) is 0 Å². The largest absolute Gasteiger partial charge is 0.368 e. The zero-order valence-electron chi connectivity index (χ0n) is 24.1. The van der Waals surface area contributed by atoms with Crippen molar-refractivity contribution in [1.82, 2.24) is 0 Å². The lowest BCUT2D eigenvalue weighted by atomic mass is 10.0. The first-order valence-corrected chi connectivity index (χ1v) is 17.3. The fourth-order valence-corrected chi connectivity index (χ4v) is 8.42. The summed E-state index contributed by atoms with van der Waals surface area (Å²) >= 11 is 0. The van der Waals surface area contributed by atoms with Crippen LogP contribution in [0.1, 0.15) is 16.7 Å². The molecule has 1 aliphatic rings. The van der Waals surface area contributed by atoms with E-state index in [9.17, 15) is 0 Å². The molecular weight excluding hydrogens is 528 g/mol. The molecule has 1 heterocycles. The van der Waals surface area contributed by atoms with E-state index in [1.165, 1.54) is 5.19 Å². The molecule has 5 rings (SSSR count). The van der Waals surface area contributed by atoms with E-state index in [4.69, 9.17) is 23.7 Å². The monoisotopic (exact) mass is 568 g/mol. The molecule has 1 saturated heterocycles. The number of hydrogen-bond donors (Lipinski definition) is 0. The van der Waals surface area contributed by atoms with Crippen LogP contribution in [0, 0.1) is 0 Å². The molecule has 0 N–H and O–H groups in total. The molecule has 1 fully saturated rings. The molecule has 4 aromatic carbocycles. The Morgan fingerprint density at radius 3 is 1.37 bits per heavy atom. The SMILES string of the molecule is CO[C@H]1O[C@H]([Si](C)(C)c2ccccc2)[C@@H](OCc2ccccc2)[C@H](OCc2ccccc2)[C@H]1OCc1ccccc1. The highest BCUT2D eigenvalue weighted by Crippen LogP contribution is 2.34. The quantitative estimate of drug-likeness (QED) is 0.189. The molecule has 0 radical (unpaired) electrons. The molecule has 6 heteroatoms. The summed E-state index contributed by atoms with van der Waals surface area (Å²) in [6, 6.07) is 41.3. The Balaban J connectivity index is 1.50. The maximum atomic E-state index is 6.85. The van der Waals surface area contributed by atoms with Crippen LogP contribution in [0.5, 0.6) is 0 Å². The molecule has 41 heavy (non-hydrogen) atoms. The van der Waals surface area contributed by atoms with Gasteiger partial charge in [0.25, 0.3) is 0 Å². The van der Waals surface area contributed by atoms with Crippen molar-refractivity contribution in [2.24, 2.45) is 0 Å². The molecule has 0 aromatic heterocycles. The van der Waals surface area contributed by atoms with Crippen LogP contribution in [-0.2, 0) is 43.5 Å². The highest BCUT2D eigenvalue weighted by Gasteiger charge is 2.54. The van der Waals surface area contributed by atoms with E-state index < -0.39 is 26.6 Å². The molecule has 214 valence electrons. The maximum absolute atomic E-state index is 6.85. The topological polar surface area (TPSA) is 46.2 Å². The van der Waals surface area contributed by atoms with Gasteiger partial charge in [0, 0.05) is 7.11 Å². The Bertz CT molecular complexity index is 1300. The second-order valence-electron chi connectivity index (χ2n) is 11.0. The van der Waals surface area contributed by atoms with Gasteiger partial charge in [-0.1, -0.05) is 140 Å². The summed E-state index contributed by atoms with van der Waals surface area (Å²) in [6.07, 6.45) is -1.92. The van der Waals surface area contributed by atoms with E-state index in [1.54, 1.807) is 7.11 Å². The first-order chi connectivity index (χ1) is 20.1. The lowest BCUT2D eigenvalue weighted by Crippen LogP contribution is -2.69. The van der Waals surface area contributed by atoms with Gasteiger partial charge in [-0.05, 0) is 16.7 Å². The third-order valence-electron chi connectivity index (χ3n) is 7.81. The van der Waals surface area contributed by atoms with Gasteiger partial charge in [0.05, 0.1) is 25.5 Å². The maximum Gasteiger partial charge on any atom is 0.186 e. The van der Waals surface area contributed by atoms with Crippen LogP contribution in [0.3, 0.4) is 0 Å². The number of rotatable bonds is 12. The predicted molar refractivity (Wildman–Crippen MR) is 164 cm³/mol. The fourth-order valence-electron chi connectivity index (χ4n) is 5.46. The normalized spacial score (nSPS) is 22.9. The highest BCUT2D eigenvalue weighted by molar-refractivity contribution is 6.91. The number of methoxy groups -OCH3 is 1. The van der Waals surface area contributed by atoms with Crippen molar-refractivity contribution in [2.45, 2.75) is 63.2 Å². The third kappa shape index (κ3) is 7.40. The second-order valence-corrected chi connectivity index (χ2v) is 15.6. The average molecular weight is 569 g/mol. The molecule has 0 spiro atoms. The molecule has 0 aliphatic carbocycles. The first-order valence-electron chi connectivity index (χ1n) is 14.3. The van der Waals surface area contributed by atoms with Crippen LogP contribution in [0.25, 0.3) is 0 Å². The number of ether oxygens (including phenoxy) is 5. The standard InChI is InChI=1S/C35H40O5Si/c1-36-34-32(38-25-28-18-10-5-11-19-28)31(37-24-27-16-8-4-9-17-27)33(39-26-29-20-12-6-13-21-29)35(40-34)41(2,3)30-22-14-7-15-23-30/h4-23,31-35H,24-26H2,1-3H3/t31-,32-,33+,34+,35-/m1/s1. The van der Waals surface area contributed by atoms with Crippen LogP contribution in [0.2, 0.25) is 13.1 Å². The lowest BCUT2D eigenvalue weighted by Gasteiger charge is -2.50. The summed E-state index contributed by atoms with van der Waals surface area (Å²) in [5, 5.41) is 1.29. The van der Waals surface area contributed by atoms with Crippen LogP contribution in [-0.4, -0.2) is 45.5 Å². The first kappa shape index (κ1) is 29.4. The number of hydrogen-bond acceptors (Lipinski definition) is 5. The van der Waals surface area contributed by atoms with Gasteiger partial charge in [-0.25, -0.2) is 0 Å². The summed E-state index contributed by atoms with van der Waals surface area (Å²) < 4.78 is 33.0. The molecular formula is C35H40O5Si. The Kier molecular flexibility index (Phi) is 10.2. The van der Waals surface area contributed by atoms with Gasteiger partial charge in [0.1, 0.15) is 26.4 Å². The van der Waals surface area contributed by atoms with Crippen molar-refractivity contribution in [3.63, 3.8) is 0 Å². The zero-order valence-corrected chi connectivity index (χ0v) is 25.1. The summed E-state index contributed by atoms with van der Waals surface area (Å²) in [5.74, 6) is 0. The smallest absolute Gasteiger partial charge is 0.186 e. The highest BCUT2D eigenvalue weighted by atomic mass is 28.3. The van der Waals surface area contributed by atoms with E-state index in [0.29, 0.717) is 19.8 Å². The van der Waals surface area contributed by atoms with Gasteiger partial charge in [0.15, 0.2) is 6.29 Å².